The standard InChI is InChI=1S/C17H27N3O/c1-5-20-9-8-16(13(3)11-20)19(4)17(21)15-10-14(18)7-6-12(15)2/h6-7,10,13,16H,5,8-9,11,18H2,1-4H3. The molecule has 4 heteroatoms. The summed E-state index contributed by atoms with van der Waals surface area (Å²) in [5, 5.41) is 0. The second kappa shape index (κ2) is 6.48. The SMILES string of the molecule is CCN1CCC(N(C)C(=O)c2cc(N)ccc2C)C(C)C1. The van der Waals surface area contributed by atoms with Crippen LogP contribution in [0.1, 0.15) is 36.2 Å². The third-order valence-corrected chi connectivity index (χ3v) is 4.70. The van der Waals surface area contributed by atoms with Crippen LogP contribution in [-0.4, -0.2) is 48.4 Å². The Morgan fingerprint density at radius 3 is 2.81 bits per heavy atom. The quantitative estimate of drug-likeness (QED) is 0.869. The molecule has 0 aromatic heterocycles. The van der Waals surface area contributed by atoms with Crippen molar-refractivity contribution in [2.45, 2.75) is 33.2 Å². The number of rotatable bonds is 3. The summed E-state index contributed by atoms with van der Waals surface area (Å²) < 4.78 is 0. The van der Waals surface area contributed by atoms with Crippen LogP contribution in [0.3, 0.4) is 0 Å². The van der Waals surface area contributed by atoms with E-state index in [4.69, 9.17) is 5.73 Å². The first-order chi connectivity index (χ1) is 9.93. The molecule has 4 nitrogen and oxygen atoms in total. The first kappa shape index (κ1) is 15.8. The summed E-state index contributed by atoms with van der Waals surface area (Å²) in [5.41, 5.74) is 8.19. The molecule has 1 heterocycles. The number of carbonyl (C=O) groups excluding carboxylic acids is 1. The lowest BCUT2D eigenvalue weighted by molar-refractivity contribution is 0.0520. The lowest BCUT2D eigenvalue weighted by Gasteiger charge is -2.41. The van der Waals surface area contributed by atoms with Crippen molar-refractivity contribution in [3.8, 4) is 0 Å². The van der Waals surface area contributed by atoms with Crippen molar-refractivity contribution in [3.05, 3.63) is 29.3 Å². The maximum absolute atomic E-state index is 12.8. The molecule has 1 amide bonds. The molecule has 0 radical (unpaired) electrons. The van der Waals surface area contributed by atoms with E-state index in [1.54, 1.807) is 6.07 Å². The van der Waals surface area contributed by atoms with E-state index in [9.17, 15) is 4.79 Å². The minimum Gasteiger partial charge on any atom is -0.399 e. The van der Waals surface area contributed by atoms with E-state index < -0.39 is 0 Å². The van der Waals surface area contributed by atoms with Gasteiger partial charge in [-0.1, -0.05) is 19.9 Å². The van der Waals surface area contributed by atoms with E-state index in [1.165, 1.54) is 0 Å². The van der Waals surface area contributed by atoms with Gasteiger partial charge in [-0.2, -0.15) is 0 Å². The maximum atomic E-state index is 12.8. The van der Waals surface area contributed by atoms with Gasteiger partial charge < -0.3 is 15.5 Å². The van der Waals surface area contributed by atoms with Gasteiger partial charge in [-0.3, -0.25) is 4.79 Å². The second-order valence-electron chi connectivity index (χ2n) is 6.22. The topological polar surface area (TPSA) is 49.6 Å². The zero-order valence-corrected chi connectivity index (χ0v) is 13.6. The van der Waals surface area contributed by atoms with Crippen molar-refractivity contribution in [1.29, 1.82) is 0 Å². The van der Waals surface area contributed by atoms with Gasteiger partial charge in [0.15, 0.2) is 0 Å². The third kappa shape index (κ3) is 3.38. The normalized spacial score (nSPS) is 23.0. The van der Waals surface area contributed by atoms with Gasteiger partial charge in [0.2, 0.25) is 0 Å². The zero-order valence-electron chi connectivity index (χ0n) is 13.6. The highest BCUT2D eigenvalue weighted by atomic mass is 16.2. The van der Waals surface area contributed by atoms with Crippen LogP contribution in [0.2, 0.25) is 0 Å². The second-order valence-corrected chi connectivity index (χ2v) is 6.22. The van der Waals surface area contributed by atoms with Crippen LogP contribution in [0.5, 0.6) is 0 Å². The van der Waals surface area contributed by atoms with Crippen molar-refractivity contribution in [2.75, 3.05) is 32.4 Å². The highest BCUT2D eigenvalue weighted by molar-refractivity contribution is 5.96. The van der Waals surface area contributed by atoms with Crippen LogP contribution < -0.4 is 5.73 Å². The minimum atomic E-state index is 0.0848. The molecule has 2 unspecified atom stereocenters. The summed E-state index contributed by atoms with van der Waals surface area (Å²) in [7, 11) is 1.92. The number of piperidine rings is 1. The number of amides is 1. The van der Waals surface area contributed by atoms with Gasteiger partial charge in [0.05, 0.1) is 0 Å². The smallest absolute Gasteiger partial charge is 0.254 e. The summed E-state index contributed by atoms with van der Waals surface area (Å²) in [6.45, 7) is 9.61. The summed E-state index contributed by atoms with van der Waals surface area (Å²) in [6.07, 6.45) is 1.04. The van der Waals surface area contributed by atoms with E-state index in [-0.39, 0.29) is 5.91 Å². The molecular formula is C17H27N3O. The lowest BCUT2D eigenvalue weighted by Crippen LogP contribution is -2.50. The molecule has 1 fully saturated rings. The van der Waals surface area contributed by atoms with Gasteiger partial charge >= 0.3 is 0 Å². The van der Waals surface area contributed by atoms with Crippen molar-refractivity contribution in [1.82, 2.24) is 9.80 Å². The van der Waals surface area contributed by atoms with Crippen LogP contribution >= 0.6 is 0 Å². The average molecular weight is 289 g/mol. The van der Waals surface area contributed by atoms with E-state index in [0.29, 0.717) is 17.6 Å². The fourth-order valence-corrected chi connectivity index (χ4v) is 3.29. The van der Waals surface area contributed by atoms with Crippen LogP contribution in [0.4, 0.5) is 5.69 Å². The van der Waals surface area contributed by atoms with E-state index in [0.717, 1.165) is 37.2 Å². The van der Waals surface area contributed by atoms with Crippen LogP contribution in [0, 0.1) is 12.8 Å². The number of hydrogen-bond donors (Lipinski definition) is 1. The van der Waals surface area contributed by atoms with Crippen molar-refractivity contribution >= 4 is 11.6 Å². The lowest BCUT2D eigenvalue weighted by atomic mass is 9.92. The Hall–Kier alpha value is -1.55. The molecule has 116 valence electrons. The van der Waals surface area contributed by atoms with Gasteiger partial charge in [0.25, 0.3) is 5.91 Å². The molecule has 2 atom stereocenters. The molecule has 1 aromatic rings. The molecule has 0 spiro atoms. The van der Waals surface area contributed by atoms with Gasteiger partial charge in [-0.05, 0) is 43.5 Å². The zero-order chi connectivity index (χ0) is 15.6. The van der Waals surface area contributed by atoms with E-state index in [1.807, 2.05) is 31.0 Å². The Bertz CT molecular complexity index is 515. The number of nitrogens with zero attached hydrogens (tertiary/aromatic N) is 2. The van der Waals surface area contributed by atoms with E-state index in [2.05, 4.69) is 18.7 Å². The number of hydrogen-bond acceptors (Lipinski definition) is 3. The largest absolute Gasteiger partial charge is 0.399 e. The molecule has 21 heavy (non-hydrogen) atoms. The Morgan fingerprint density at radius 2 is 2.19 bits per heavy atom. The van der Waals surface area contributed by atoms with Crippen molar-refractivity contribution in [3.63, 3.8) is 0 Å². The Labute approximate surface area is 127 Å². The molecule has 1 aromatic carbocycles. The number of anilines is 1. The summed E-state index contributed by atoms with van der Waals surface area (Å²) in [6, 6.07) is 5.86. The molecule has 0 aliphatic carbocycles. The third-order valence-electron chi connectivity index (χ3n) is 4.70. The number of nitrogen functional groups attached to an aromatic ring is 1. The molecule has 0 bridgehead atoms. The molecule has 1 saturated heterocycles. The first-order valence-corrected chi connectivity index (χ1v) is 7.79. The highest BCUT2D eigenvalue weighted by Gasteiger charge is 2.31. The number of aryl methyl sites for hydroxylation is 1. The predicted molar refractivity (Wildman–Crippen MR) is 87.4 cm³/mol. The average Bonchev–Trinajstić information content (AvgIpc) is 2.48. The van der Waals surface area contributed by atoms with Gasteiger partial charge in [0.1, 0.15) is 0 Å². The molecule has 2 N–H and O–H groups in total. The molecule has 2 rings (SSSR count). The first-order valence-electron chi connectivity index (χ1n) is 7.79. The van der Waals surface area contributed by atoms with Crippen molar-refractivity contribution < 1.29 is 4.79 Å². The Balaban J connectivity index is 2.14. The Morgan fingerprint density at radius 1 is 1.48 bits per heavy atom. The van der Waals surface area contributed by atoms with Crippen LogP contribution in [0.25, 0.3) is 0 Å². The van der Waals surface area contributed by atoms with Crippen molar-refractivity contribution in [2.24, 2.45) is 5.92 Å². The fourth-order valence-electron chi connectivity index (χ4n) is 3.29. The van der Waals surface area contributed by atoms with Crippen LogP contribution in [-0.2, 0) is 0 Å². The number of nitrogens with two attached hydrogens (primary N) is 1. The Kier molecular flexibility index (Phi) is 4.88. The highest BCUT2D eigenvalue weighted by Crippen LogP contribution is 2.24. The maximum Gasteiger partial charge on any atom is 0.254 e. The minimum absolute atomic E-state index is 0.0848. The van der Waals surface area contributed by atoms with Gasteiger partial charge in [-0.15, -0.1) is 0 Å². The molecule has 1 aliphatic rings. The molecule has 1 aliphatic heterocycles. The number of carbonyl (C=O) groups is 1. The number of benzene rings is 1. The van der Waals surface area contributed by atoms with Gasteiger partial charge in [0, 0.05) is 37.4 Å². The molecular weight excluding hydrogens is 262 g/mol. The summed E-state index contributed by atoms with van der Waals surface area (Å²) >= 11 is 0. The summed E-state index contributed by atoms with van der Waals surface area (Å²) in [5.74, 6) is 0.579. The van der Waals surface area contributed by atoms with E-state index >= 15 is 0 Å². The summed E-state index contributed by atoms with van der Waals surface area (Å²) in [4.78, 5) is 17.1. The molecule has 0 saturated carbocycles. The predicted octanol–water partition coefficient (Wildman–Crippen LogP) is 2.38. The fraction of sp³-hybridized carbons (Fsp3) is 0.588. The van der Waals surface area contributed by atoms with Gasteiger partial charge in [-0.25, -0.2) is 0 Å². The van der Waals surface area contributed by atoms with Crippen LogP contribution in [0.15, 0.2) is 18.2 Å². The number of likely N-dealkylation sites (tertiary alicyclic amines) is 1. The monoisotopic (exact) mass is 289 g/mol.